The highest BCUT2D eigenvalue weighted by Gasteiger charge is 2.15. The Labute approximate surface area is 98.1 Å². The van der Waals surface area contributed by atoms with Crippen LogP contribution < -0.4 is 5.32 Å². The third-order valence-electron chi connectivity index (χ3n) is 2.21. The minimum Gasteiger partial charge on any atom is -0.481 e. The second-order valence-electron chi connectivity index (χ2n) is 3.54. The molecule has 0 aromatic carbocycles. The van der Waals surface area contributed by atoms with Crippen molar-refractivity contribution in [3.63, 3.8) is 0 Å². The fraction of sp³-hybridized carbons (Fsp3) is 0.273. The minimum atomic E-state index is -0.808. The smallest absolute Gasteiger partial charge is 0.303 e. The molecule has 6 heteroatoms. The molecule has 2 rings (SSSR count). The number of carboxylic acid groups (broad SMARTS) is 1. The second kappa shape index (κ2) is 5.20. The van der Waals surface area contributed by atoms with Gasteiger partial charge in [0.05, 0.1) is 0 Å². The van der Waals surface area contributed by atoms with Crippen LogP contribution in [0.15, 0.2) is 34.7 Å². The summed E-state index contributed by atoms with van der Waals surface area (Å²) >= 11 is 0. The van der Waals surface area contributed by atoms with Crippen LogP contribution >= 0.6 is 0 Å². The molecule has 17 heavy (non-hydrogen) atoms. The molecule has 1 aliphatic rings. The van der Waals surface area contributed by atoms with Crippen molar-refractivity contribution in [2.24, 2.45) is 10.2 Å². The van der Waals surface area contributed by atoms with E-state index in [9.17, 15) is 4.79 Å². The third-order valence-corrected chi connectivity index (χ3v) is 2.21. The van der Waals surface area contributed by atoms with Crippen molar-refractivity contribution in [2.75, 3.05) is 0 Å². The van der Waals surface area contributed by atoms with Gasteiger partial charge < -0.3 is 5.11 Å². The van der Waals surface area contributed by atoms with E-state index in [1.807, 2.05) is 6.07 Å². The van der Waals surface area contributed by atoms with Crippen molar-refractivity contribution in [3.05, 3.63) is 30.1 Å². The Morgan fingerprint density at radius 1 is 1.35 bits per heavy atom. The molecule has 0 atom stereocenters. The van der Waals surface area contributed by atoms with Gasteiger partial charge in [0.25, 0.3) is 0 Å². The Morgan fingerprint density at radius 2 is 2.24 bits per heavy atom. The molecule has 0 bridgehead atoms. The maximum Gasteiger partial charge on any atom is 0.303 e. The van der Waals surface area contributed by atoms with Crippen LogP contribution in [-0.4, -0.2) is 27.7 Å². The van der Waals surface area contributed by atoms with Crippen molar-refractivity contribution in [1.29, 1.82) is 0 Å². The minimum absolute atomic E-state index is 0.122. The molecule has 0 amide bonds. The SMILES string of the molecule is O=C(O)CCCC1=NN=C(c2cccnc2)[N]1. The third kappa shape index (κ3) is 3.10. The maximum absolute atomic E-state index is 10.4. The van der Waals surface area contributed by atoms with E-state index in [2.05, 4.69) is 20.5 Å². The molecule has 1 N–H and O–H groups in total. The topological polar surface area (TPSA) is 89.0 Å². The van der Waals surface area contributed by atoms with Crippen molar-refractivity contribution in [1.82, 2.24) is 10.3 Å². The summed E-state index contributed by atoms with van der Waals surface area (Å²) in [6.07, 6.45) is 4.51. The molecule has 0 fully saturated rings. The first kappa shape index (κ1) is 11.3. The number of hydrogen-bond acceptors (Lipinski definition) is 4. The number of aromatic nitrogens is 1. The summed E-state index contributed by atoms with van der Waals surface area (Å²) in [4.78, 5) is 14.3. The van der Waals surface area contributed by atoms with E-state index >= 15 is 0 Å². The summed E-state index contributed by atoms with van der Waals surface area (Å²) < 4.78 is 0. The Balaban J connectivity index is 1.84. The fourth-order valence-corrected chi connectivity index (χ4v) is 1.39. The van der Waals surface area contributed by atoms with Crippen LogP contribution in [0.3, 0.4) is 0 Å². The zero-order valence-electron chi connectivity index (χ0n) is 9.08. The monoisotopic (exact) mass is 231 g/mol. The lowest BCUT2D eigenvalue weighted by Gasteiger charge is -2.00. The van der Waals surface area contributed by atoms with Crippen molar-refractivity contribution in [3.8, 4) is 0 Å². The quantitative estimate of drug-likeness (QED) is 0.820. The summed E-state index contributed by atoms with van der Waals surface area (Å²) in [6.45, 7) is 0. The van der Waals surface area contributed by atoms with Crippen molar-refractivity contribution in [2.45, 2.75) is 19.3 Å². The number of amidine groups is 2. The summed E-state index contributed by atoms with van der Waals surface area (Å²) in [5, 5.41) is 20.6. The lowest BCUT2D eigenvalue weighted by molar-refractivity contribution is -0.137. The highest BCUT2D eigenvalue weighted by molar-refractivity contribution is 6.11. The summed E-state index contributed by atoms with van der Waals surface area (Å²) in [5.74, 6) is 0.297. The Hall–Kier alpha value is -2.24. The predicted molar refractivity (Wildman–Crippen MR) is 61.8 cm³/mol. The number of rotatable bonds is 5. The molecule has 1 aromatic heterocycles. The molecule has 0 saturated heterocycles. The van der Waals surface area contributed by atoms with E-state index in [-0.39, 0.29) is 6.42 Å². The Morgan fingerprint density at radius 3 is 2.94 bits per heavy atom. The molecule has 6 nitrogen and oxygen atoms in total. The van der Waals surface area contributed by atoms with Gasteiger partial charge in [0.15, 0.2) is 11.7 Å². The van der Waals surface area contributed by atoms with Crippen LogP contribution in [0.1, 0.15) is 24.8 Å². The average molecular weight is 231 g/mol. The molecule has 0 spiro atoms. The second-order valence-corrected chi connectivity index (χ2v) is 3.54. The number of carboxylic acids is 1. The number of carbonyl (C=O) groups is 1. The van der Waals surface area contributed by atoms with Gasteiger partial charge in [-0.05, 0) is 18.6 Å². The average Bonchev–Trinajstić information content (AvgIpc) is 2.78. The summed E-state index contributed by atoms with van der Waals surface area (Å²) in [6, 6.07) is 3.65. The number of pyridine rings is 1. The largest absolute Gasteiger partial charge is 0.481 e. The maximum atomic E-state index is 10.4. The van der Waals surface area contributed by atoms with Gasteiger partial charge in [-0.1, -0.05) is 0 Å². The van der Waals surface area contributed by atoms with Gasteiger partial charge in [-0.25, -0.2) is 5.32 Å². The van der Waals surface area contributed by atoms with Gasteiger partial charge >= 0.3 is 5.97 Å². The highest BCUT2D eigenvalue weighted by atomic mass is 16.4. The fourth-order valence-electron chi connectivity index (χ4n) is 1.39. The molecule has 87 valence electrons. The first-order valence-corrected chi connectivity index (χ1v) is 5.24. The predicted octanol–water partition coefficient (Wildman–Crippen LogP) is 1.01. The number of aliphatic carboxylic acids is 1. The van der Waals surface area contributed by atoms with Gasteiger partial charge in [-0.3, -0.25) is 9.78 Å². The van der Waals surface area contributed by atoms with E-state index in [0.717, 1.165) is 5.56 Å². The molecular weight excluding hydrogens is 220 g/mol. The molecule has 0 aliphatic carbocycles. The highest BCUT2D eigenvalue weighted by Crippen LogP contribution is 2.07. The lowest BCUT2D eigenvalue weighted by atomic mass is 10.2. The van der Waals surface area contributed by atoms with Crippen LogP contribution in [0.4, 0.5) is 0 Å². The van der Waals surface area contributed by atoms with Crippen molar-refractivity contribution >= 4 is 17.6 Å². The standard InChI is InChI=1S/C11H11N4O2/c16-10(17)5-1-4-9-13-11(15-14-9)8-3-2-6-12-7-8/h2-3,6-7H,1,4-5H2,(H,16,17). The van der Waals surface area contributed by atoms with E-state index in [1.54, 1.807) is 18.5 Å². The van der Waals surface area contributed by atoms with Crippen LogP contribution in [0.25, 0.3) is 0 Å². The van der Waals surface area contributed by atoms with E-state index in [0.29, 0.717) is 24.5 Å². The Kier molecular flexibility index (Phi) is 3.44. The zero-order chi connectivity index (χ0) is 12.1. The molecule has 1 aliphatic heterocycles. The van der Waals surface area contributed by atoms with Crippen LogP contribution in [0.2, 0.25) is 0 Å². The Bertz CT molecular complexity index is 468. The molecular formula is C11H11N4O2. The normalized spacial score (nSPS) is 13.9. The molecule has 2 heterocycles. The van der Waals surface area contributed by atoms with Crippen LogP contribution in [-0.2, 0) is 4.79 Å². The van der Waals surface area contributed by atoms with Gasteiger partial charge in [-0.15, -0.1) is 10.2 Å². The van der Waals surface area contributed by atoms with E-state index < -0.39 is 5.97 Å². The molecule has 0 unspecified atom stereocenters. The first-order chi connectivity index (χ1) is 8.25. The van der Waals surface area contributed by atoms with Gasteiger partial charge in [0.1, 0.15) is 0 Å². The summed E-state index contributed by atoms with van der Waals surface area (Å²) in [7, 11) is 0. The van der Waals surface area contributed by atoms with Crippen LogP contribution in [0, 0.1) is 0 Å². The van der Waals surface area contributed by atoms with Gasteiger partial charge in [-0.2, -0.15) is 0 Å². The molecule has 0 saturated carbocycles. The number of hydrogen-bond donors (Lipinski definition) is 1. The zero-order valence-corrected chi connectivity index (χ0v) is 9.08. The summed E-state index contributed by atoms with van der Waals surface area (Å²) in [5.41, 5.74) is 0.810. The van der Waals surface area contributed by atoms with E-state index in [4.69, 9.17) is 5.11 Å². The number of nitrogens with zero attached hydrogens (tertiary/aromatic N) is 4. The lowest BCUT2D eigenvalue weighted by Crippen LogP contribution is -2.19. The van der Waals surface area contributed by atoms with Gasteiger partial charge in [0, 0.05) is 30.8 Å². The van der Waals surface area contributed by atoms with Crippen LogP contribution in [0.5, 0.6) is 0 Å². The molecule has 1 aromatic rings. The van der Waals surface area contributed by atoms with E-state index in [1.165, 1.54) is 0 Å². The first-order valence-electron chi connectivity index (χ1n) is 5.24. The van der Waals surface area contributed by atoms with Gasteiger partial charge in [0.2, 0.25) is 0 Å². The van der Waals surface area contributed by atoms with Crippen molar-refractivity contribution < 1.29 is 9.90 Å². The molecule has 1 radical (unpaired) electrons.